The lowest BCUT2D eigenvalue weighted by atomic mass is 9.75. The van der Waals surface area contributed by atoms with Gasteiger partial charge >= 0.3 is 0 Å². The van der Waals surface area contributed by atoms with Gasteiger partial charge in [-0.3, -0.25) is 4.79 Å². The lowest BCUT2D eigenvalue weighted by Gasteiger charge is -2.29. The fraction of sp³-hybridized carbons (Fsp3) is 0.632. The smallest absolute Gasteiger partial charge is 0.164 e. The fourth-order valence-corrected chi connectivity index (χ4v) is 3.75. The molecule has 1 spiro atoms. The van der Waals surface area contributed by atoms with Crippen LogP contribution < -0.4 is 0 Å². The highest BCUT2D eigenvalue weighted by Crippen LogP contribution is 2.60. The number of hydrogen-bond acceptors (Lipinski definition) is 1. The number of fused-ring (bicyclic) bond motifs is 2. The van der Waals surface area contributed by atoms with Gasteiger partial charge in [-0.05, 0) is 40.4 Å². The molecule has 0 bridgehead atoms. The maximum absolute atomic E-state index is 12.7. The van der Waals surface area contributed by atoms with Crippen LogP contribution in [0.2, 0.25) is 0 Å². The van der Waals surface area contributed by atoms with E-state index >= 15 is 0 Å². The van der Waals surface area contributed by atoms with Gasteiger partial charge in [-0.25, -0.2) is 0 Å². The maximum Gasteiger partial charge on any atom is 0.164 e. The minimum absolute atomic E-state index is 0.0383. The van der Waals surface area contributed by atoms with Crippen LogP contribution in [0.15, 0.2) is 12.1 Å². The van der Waals surface area contributed by atoms with E-state index in [1.54, 1.807) is 0 Å². The zero-order valence-electron chi connectivity index (χ0n) is 13.7. The molecule has 1 saturated carbocycles. The number of carbonyl (C=O) groups excluding carboxylic acids is 1. The summed E-state index contributed by atoms with van der Waals surface area (Å²) in [4.78, 5) is 12.7. The van der Waals surface area contributed by atoms with Gasteiger partial charge in [-0.2, -0.15) is 0 Å². The molecule has 1 aromatic carbocycles. The molecule has 20 heavy (non-hydrogen) atoms. The highest BCUT2D eigenvalue weighted by atomic mass is 16.1. The highest BCUT2D eigenvalue weighted by Gasteiger charge is 2.55. The lowest BCUT2D eigenvalue weighted by molar-refractivity contribution is 0.0985. The Balaban J connectivity index is 2.34. The summed E-state index contributed by atoms with van der Waals surface area (Å²) in [7, 11) is 0. The second kappa shape index (κ2) is 3.75. The Labute approximate surface area is 122 Å². The number of hydrogen-bond donors (Lipinski definition) is 0. The predicted octanol–water partition coefficient (Wildman–Crippen LogP) is 4.90. The summed E-state index contributed by atoms with van der Waals surface area (Å²) in [6, 6.07) is 4.50. The largest absolute Gasteiger partial charge is 0.294 e. The van der Waals surface area contributed by atoms with E-state index in [2.05, 4.69) is 53.7 Å². The van der Waals surface area contributed by atoms with Crippen LogP contribution in [0.25, 0.3) is 0 Å². The van der Waals surface area contributed by atoms with E-state index < -0.39 is 0 Å². The number of ketones is 1. The van der Waals surface area contributed by atoms with Crippen LogP contribution >= 0.6 is 0 Å². The molecular weight excluding hydrogens is 244 g/mol. The van der Waals surface area contributed by atoms with Crippen molar-refractivity contribution in [2.45, 2.75) is 77.0 Å². The third-order valence-corrected chi connectivity index (χ3v) is 4.98. The van der Waals surface area contributed by atoms with Gasteiger partial charge in [0.1, 0.15) is 0 Å². The van der Waals surface area contributed by atoms with Crippen molar-refractivity contribution in [3.8, 4) is 0 Å². The minimum Gasteiger partial charge on any atom is -0.294 e. The zero-order chi connectivity index (χ0) is 14.9. The van der Waals surface area contributed by atoms with Crippen molar-refractivity contribution in [2.24, 2.45) is 0 Å². The Hall–Kier alpha value is -1.11. The molecule has 2 aliphatic carbocycles. The molecule has 0 atom stereocenters. The molecule has 0 aromatic heterocycles. The average molecular weight is 270 g/mol. The molecule has 1 nitrogen and oxygen atoms in total. The molecular formula is C19H26O. The molecule has 0 heterocycles. The van der Waals surface area contributed by atoms with Crippen molar-refractivity contribution in [1.82, 2.24) is 0 Å². The first-order chi connectivity index (χ1) is 9.06. The Bertz CT molecular complexity index is 589. The zero-order valence-corrected chi connectivity index (χ0v) is 13.7. The van der Waals surface area contributed by atoms with Crippen LogP contribution in [0.1, 0.15) is 87.9 Å². The van der Waals surface area contributed by atoms with Crippen LogP contribution in [0.4, 0.5) is 0 Å². The van der Waals surface area contributed by atoms with E-state index in [0.717, 1.165) is 12.0 Å². The second-order valence-electron chi connectivity index (χ2n) is 8.79. The molecule has 0 aliphatic heterocycles. The average Bonchev–Trinajstić information content (AvgIpc) is 2.98. The number of benzene rings is 1. The third kappa shape index (κ3) is 1.86. The Morgan fingerprint density at radius 3 is 1.85 bits per heavy atom. The van der Waals surface area contributed by atoms with Crippen LogP contribution in [0.3, 0.4) is 0 Å². The van der Waals surface area contributed by atoms with Crippen molar-refractivity contribution in [2.75, 3.05) is 0 Å². The quantitative estimate of drug-likeness (QED) is 0.655. The van der Waals surface area contributed by atoms with Crippen LogP contribution in [0.5, 0.6) is 0 Å². The molecule has 3 rings (SSSR count). The molecule has 2 aliphatic rings. The van der Waals surface area contributed by atoms with Crippen LogP contribution in [-0.2, 0) is 16.2 Å². The Morgan fingerprint density at radius 1 is 0.900 bits per heavy atom. The Kier molecular flexibility index (Phi) is 2.60. The summed E-state index contributed by atoms with van der Waals surface area (Å²) >= 11 is 0. The van der Waals surface area contributed by atoms with Crippen molar-refractivity contribution in [3.63, 3.8) is 0 Å². The lowest BCUT2D eigenvalue weighted by Crippen LogP contribution is -2.21. The number of Topliss-reactive ketones (excluding diaryl/α,β-unsaturated/α-hetero) is 1. The predicted molar refractivity (Wildman–Crippen MR) is 83.7 cm³/mol. The van der Waals surface area contributed by atoms with Crippen molar-refractivity contribution in [1.29, 1.82) is 0 Å². The summed E-state index contributed by atoms with van der Waals surface area (Å²) in [5.41, 5.74) is 5.47. The van der Waals surface area contributed by atoms with Gasteiger partial charge in [0.15, 0.2) is 5.78 Å². The highest BCUT2D eigenvalue weighted by molar-refractivity contribution is 6.05. The molecule has 0 saturated heterocycles. The molecule has 0 amide bonds. The van der Waals surface area contributed by atoms with E-state index in [-0.39, 0.29) is 16.2 Å². The van der Waals surface area contributed by atoms with E-state index in [0.29, 0.717) is 5.78 Å². The standard InChI is InChI=1S/C19H26O/c1-17(2,3)12-7-8-13(18(4,5)6)16-15(12)14(20)11-19(16)9-10-19/h7-8H,9-11H2,1-6H3. The van der Waals surface area contributed by atoms with Gasteiger partial charge in [0.25, 0.3) is 0 Å². The maximum atomic E-state index is 12.7. The van der Waals surface area contributed by atoms with E-state index in [1.165, 1.54) is 29.5 Å². The summed E-state index contributed by atoms with van der Waals surface area (Å²) in [5, 5.41) is 0. The third-order valence-electron chi connectivity index (χ3n) is 4.98. The van der Waals surface area contributed by atoms with E-state index in [4.69, 9.17) is 0 Å². The first-order valence-corrected chi connectivity index (χ1v) is 7.78. The first-order valence-electron chi connectivity index (χ1n) is 7.78. The topological polar surface area (TPSA) is 17.1 Å². The normalized spacial score (nSPS) is 20.4. The Morgan fingerprint density at radius 2 is 1.40 bits per heavy atom. The summed E-state index contributed by atoms with van der Waals surface area (Å²) < 4.78 is 0. The van der Waals surface area contributed by atoms with Crippen molar-refractivity contribution >= 4 is 5.78 Å². The number of rotatable bonds is 0. The van der Waals surface area contributed by atoms with E-state index in [9.17, 15) is 4.79 Å². The molecule has 0 unspecified atom stereocenters. The van der Waals surface area contributed by atoms with Crippen molar-refractivity contribution < 1.29 is 4.79 Å². The minimum atomic E-state index is 0.0383. The molecule has 1 heteroatoms. The van der Waals surface area contributed by atoms with Gasteiger partial charge in [0, 0.05) is 17.4 Å². The van der Waals surface area contributed by atoms with Gasteiger partial charge in [-0.1, -0.05) is 53.7 Å². The van der Waals surface area contributed by atoms with Gasteiger partial charge < -0.3 is 0 Å². The molecule has 0 radical (unpaired) electrons. The van der Waals surface area contributed by atoms with Crippen molar-refractivity contribution in [3.05, 3.63) is 34.4 Å². The summed E-state index contributed by atoms with van der Waals surface area (Å²) in [6.07, 6.45) is 3.14. The van der Waals surface area contributed by atoms with Crippen LogP contribution in [-0.4, -0.2) is 5.78 Å². The first kappa shape index (κ1) is 13.9. The van der Waals surface area contributed by atoms with Crippen LogP contribution in [0, 0.1) is 0 Å². The number of carbonyl (C=O) groups is 1. The SMILES string of the molecule is CC(C)(C)c1ccc(C(C)(C)C)c2c1C(=O)CC21CC1. The molecule has 0 N–H and O–H groups in total. The summed E-state index contributed by atoms with van der Waals surface area (Å²) in [6.45, 7) is 13.4. The second-order valence-corrected chi connectivity index (χ2v) is 8.79. The van der Waals surface area contributed by atoms with Gasteiger partial charge in [0.2, 0.25) is 0 Å². The molecule has 1 aromatic rings. The monoisotopic (exact) mass is 270 g/mol. The fourth-order valence-electron chi connectivity index (χ4n) is 3.75. The molecule has 1 fully saturated rings. The van der Waals surface area contributed by atoms with Gasteiger partial charge in [-0.15, -0.1) is 0 Å². The van der Waals surface area contributed by atoms with Gasteiger partial charge in [0.05, 0.1) is 0 Å². The molecule has 108 valence electrons. The van der Waals surface area contributed by atoms with E-state index in [1.807, 2.05) is 0 Å². The summed E-state index contributed by atoms with van der Waals surface area (Å²) in [5.74, 6) is 0.383.